The summed E-state index contributed by atoms with van der Waals surface area (Å²) in [7, 11) is 0. The number of pyridine rings is 1. The van der Waals surface area contributed by atoms with Gasteiger partial charge >= 0.3 is 0 Å². The van der Waals surface area contributed by atoms with Crippen LogP contribution in [0.3, 0.4) is 0 Å². The summed E-state index contributed by atoms with van der Waals surface area (Å²) in [5.74, 6) is 0. The van der Waals surface area contributed by atoms with Crippen molar-refractivity contribution in [2.75, 3.05) is 0 Å². The molecule has 2 aromatic heterocycles. The largest absolute Gasteiger partial charge is 0.261 e. The summed E-state index contributed by atoms with van der Waals surface area (Å²) in [6.07, 6.45) is 2.85. The Morgan fingerprint density at radius 3 is 2.79 bits per heavy atom. The van der Waals surface area contributed by atoms with Crippen molar-refractivity contribution in [2.24, 2.45) is 0 Å². The highest BCUT2D eigenvalue weighted by Crippen LogP contribution is 2.35. The highest BCUT2D eigenvalue weighted by Gasteiger charge is 2.12. The van der Waals surface area contributed by atoms with Crippen LogP contribution < -0.4 is 0 Å². The summed E-state index contributed by atoms with van der Waals surface area (Å²) in [5, 5.41) is 1.32. The molecular formula is C16H14BrNS. The van der Waals surface area contributed by atoms with Crippen molar-refractivity contribution in [3.8, 4) is 0 Å². The Kier molecular flexibility index (Phi) is 3.67. The first-order valence-electron chi connectivity index (χ1n) is 6.26. The molecule has 0 aliphatic rings. The molecule has 3 rings (SSSR count). The molecule has 1 unspecified atom stereocenters. The van der Waals surface area contributed by atoms with Gasteiger partial charge in [0.1, 0.15) is 0 Å². The molecule has 0 spiro atoms. The standard InChI is InChI=1S/C16H14BrNS/c1-11-6-7-13(18-10-11)9-14(17)16-8-12-4-2-3-5-15(12)19-16/h2-8,10,14H,9H2,1H3. The van der Waals surface area contributed by atoms with Gasteiger partial charge in [0.25, 0.3) is 0 Å². The molecule has 0 aliphatic carbocycles. The fourth-order valence-corrected chi connectivity index (χ4v) is 3.85. The topological polar surface area (TPSA) is 12.9 Å². The predicted molar refractivity (Wildman–Crippen MR) is 86.2 cm³/mol. The van der Waals surface area contributed by atoms with Gasteiger partial charge in [0.2, 0.25) is 0 Å². The maximum Gasteiger partial charge on any atom is 0.0544 e. The highest BCUT2D eigenvalue weighted by molar-refractivity contribution is 9.09. The van der Waals surface area contributed by atoms with Crippen LogP contribution in [0.15, 0.2) is 48.7 Å². The molecule has 2 heterocycles. The van der Waals surface area contributed by atoms with E-state index in [-0.39, 0.29) is 0 Å². The van der Waals surface area contributed by atoms with Crippen molar-refractivity contribution in [3.05, 3.63) is 64.8 Å². The van der Waals surface area contributed by atoms with Gasteiger partial charge in [-0.3, -0.25) is 4.98 Å². The molecule has 19 heavy (non-hydrogen) atoms. The molecule has 0 N–H and O–H groups in total. The van der Waals surface area contributed by atoms with Crippen molar-refractivity contribution < 1.29 is 0 Å². The monoisotopic (exact) mass is 331 g/mol. The van der Waals surface area contributed by atoms with Crippen molar-refractivity contribution in [3.63, 3.8) is 0 Å². The third kappa shape index (κ3) is 2.88. The molecule has 96 valence electrons. The van der Waals surface area contributed by atoms with Crippen molar-refractivity contribution in [1.29, 1.82) is 0 Å². The summed E-state index contributed by atoms with van der Waals surface area (Å²) >= 11 is 5.64. The van der Waals surface area contributed by atoms with Gasteiger partial charge in [-0.05, 0) is 36.1 Å². The summed E-state index contributed by atoms with van der Waals surface area (Å²) in [6.45, 7) is 2.06. The maximum atomic E-state index is 4.47. The third-order valence-electron chi connectivity index (χ3n) is 3.11. The van der Waals surface area contributed by atoms with Crippen LogP contribution >= 0.6 is 27.3 Å². The Morgan fingerprint density at radius 1 is 1.21 bits per heavy atom. The average Bonchev–Trinajstić information content (AvgIpc) is 2.85. The number of hydrogen-bond acceptors (Lipinski definition) is 2. The molecule has 3 aromatic rings. The van der Waals surface area contributed by atoms with Gasteiger partial charge in [0.15, 0.2) is 0 Å². The highest BCUT2D eigenvalue weighted by atomic mass is 79.9. The van der Waals surface area contributed by atoms with Crippen LogP contribution in [0.25, 0.3) is 10.1 Å². The number of hydrogen-bond donors (Lipinski definition) is 0. The summed E-state index contributed by atoms with van der Waals surface area (Å²) in [4.78, 5) is 6.17. The molecule has 3 heteroatoms. The fourth-order valence-electron chi connectivity index (χ4n) is 2.06. The van der Waals surface area contributed by atoms with Gasteiger partial charge in [-0.2, -0.15) is 0 Å². The fraction of sp³-hybridized carbons (Fsp3) is 0.188. The van der Waals surface area contributed by atoms with Crippen LogP contribution in [-0.4, -0.2) is 4.98 Å². The molecule has 1 nitrogen and oxygen atoms in total. The zero-order chi connectivity index (χ0) is 13.2. The third-order valence-corrected chi connectivity index (χ3v) is 5.46. The molecule has 0 saturated heterocycles. The van der Waals surface area contributed by atoms with E-state index in [0.717, 1.165) is 12.1 Å². The average molecular weight is 332 g/mol. The molecule has 0 fully saturated rings. The molecule has 0 saturated carbocycles. The SMILES string of the molecule is Cc1ccc(CC(Br)c2cc3ccccc3s2)nc1. The van der Waals surface area contributed by atoms with Gasteiger partial charge in [0, 0.05) is 27.9 Å². The minimum absolute atomic E-state index is 0.333. The number of alkyl halides is 1. The summed E-state index contributed by atoms with van der Waals surface area (Å²) in [6, 6.07) is 15.0. The number of nitrogens with zero attached hydrogens (tertiary/aromatic N) is 1. The van der Waals surface area contributed by atoms with Crippen molar-refractivity contribution in [2.45, 2.75) is 18.2 Å². The van der Waals surface area contributed by atoms with Crippen LogP contribution in [0.2, 0.25) is 0 Å². The van der Waals surface area contributed by atoms with E-state index in [1.165, 1.54) is 20.5 Å². The van der Waals surface area contributed by atoms with E-state index >= 15 is 0 Å². The Morgan fingerprint density at radius 2 is 2.05 bits per heavy atom. The van der Waals surface area contributed by atoms with Gasteiger partial charge < -0.3 is 0 Å². The molecule has 0 radical (unpaired) electrons. The van der Waals surface area contributed by atoms with Gasteiger partial charge in [-0.1, -0.05) is 40.2 Å². The second kappa shape index (κ2) is 5.43. The van der Waals surface area contributed by atoms with Gasteiger partial charge in [-0.25, -0.2) is 0 Å². The lowest BCUT2D eigenvalue weighted by Gasteiger charge is -2.06. The smallest absolute Gasteiger partial charge is 0.0544 e. The van der Waals surface area contributed by atoms with E-state index in [1.54, 1.807) is 0 Å². The van der Waals surface area contributed by atoms with E-state index in [1.807, 2.05) is 17.5 Å². The lowest BCUT2D eigenvalue weighted by atomic mass is 10.1. The van der Waals surface area contributed by atoms with Crippen molar-refractivity contribution >= 4 is 37.4 Å². The molecule has 0 bridgehead atoms. The number of thiophene rings is 1. The van der Waals surface area contributed by atoms with Gasteiger partial charge in [0.05, 0.1) is 4.83 Å². The summed E-state index contributed by atoms with van der Waals surface area (Å²) < 4.78 is 1.35. The first kappa shape index (κ1) is 12.8. The van der Waals surface area contributed by atoms with E-state index in [0.29, 0.717) is 4.83 Å². The van der Waals surface area contributed by atoms with Crippen LogP contribution in [0.4, 0.5) is 0 Å². The first-order valence-corrected chi connectivity index (χ1v) is 7.99. The minimum atomic E-state index is 0.333. The number of halogens is 1. The lowest BCUT2D eigenvalue weighted by Crippen LogP contribution is -1.95. The normalized spacial score (nSPS) is 12.7. The molecular weight excluding hydrogens is 318 g/mol. The molecule has 0 amide bonds. The van der Waals surface area contributed by atoms with E-state index in [9.17, 15) is 0 Å². The number of rotatable bonds is 3. The van der Waals surface area contributed by atoms with E-state index in [4.69, 9.17) is 0 Å². The predicted octanol–water partition coefficient (Wildman–Crippen LogP) is 5.28. The molecule has 0 aliphatic heterocycles. The van der Waals surface area contributed by atoms with Gasteiger partial charge in [-0.15, -0.1) is 11.3 Å². The minimum Gasteiger partial charge on any atom is -0.261 e. The lowest BCUT2D eigenvalue weighted by molar-refractivity contribution is 0.917. The Hall–Kier alpha value is -1.19. The number of aromatic nitrogens is 1. The number of aryl methyl sites for hydroxylation is 1. The first-order chi connectivity index (χ1) is 9.22. The summed E-state index contributed by atoms with van der Waals surface area (Å²) in [5.41, 5.74) is 2.33. The Balaban J connectivity index is 1.83. The van der Waals surface area contributed by atoms with E-state index < -0.39 is 0 Å². The number of benzene rings is 1. The molecule has 1 atom stereocenters. The number of fused-ring (bicyclic) bond motifs is 1. The second-order valence-electron chi connectivity index (χ2n) is 4.69. The van der Waals surface area contributed by atoms with Crippen LogP contribution in [-0.2, 0) is 6.42 Å². The van der Waals surface area contributed by atoms with Crippen molar-refractivity contribution in [1.82, 2.24) is 4.98 Å². The molecule has 1 aromatic carbocycles. The van der Waals surface area contributed by atoms with Crippen LogP contribution in [0.1, 0.15) is 21.0 Å². The quantitative estimate of drug-likeness (QED) is 0.594. The van der Waals surface area contributed by atoms with Crippen LogP contribution in [0.5, 0.6) is 0 Å². The maximum absolute atomic E-state index is 4.47. The second-order valence-corrected chi connectivity index (χ2v) is 6.91. The van der Waals surface area contributed by atoms with Crippen LogP contribution in [0, 0.1) is 6.92 Å². The van der Waals surface area contributed by atoms with E-state index in [2.05, 4.69) is 70.3 Å². The Labute approximate surface area is 125 Å². The zero-order valence-corrected chi connectivity index (χ0v) is 13.0. The Bertz CT molecular complexity index is 654. The zero-order valence-electron chi connectivity index (χ0n) is 10.6.